The van der Waals surface area contributed by atoms with E-state index in [0.29, 0.717) is 12.8 Å². The molecule has 1 rings (SSSR count). The van der Waals surface area contributed by atoms with Crippen molar-refractivity contribution in [1.29, 1.82) is 0 Å². The molecule has 0 radical (unpaired) electrons. The van der Waals surface area contributed by atoms with Gasteiger partial charge in [-0.2, -0.15) is 0 Å². The van der Waals surface area contributed by atoms with Crippen molar-refractivity contribution < 1.29 is 10.0 Å². The first-order valence-electron chi connectivity index (χ1n) is 6.68. The van der Waals surface area contributed by atoms with Crippen LogP contribution in [0.5, 0.6) is 0 Å². The van der Waals surface area contributed by atoms with E-state index in [2.05, 4.69) is 17.4 Å². The van der Waals surface area contributed by atoms with Crippen LogP contribution in [0.25, 0.3) is 0 Å². The molecule has 0 heterocycles. The van der Waals surface area contributed by atoms with Crippen molar-refractivity contribution in [2.75, 3.05) is 0 Å². The molecule has 4 N–H and O–H groups in total. The van der Waals surface area contributed by atoms with Gasteiger partial charge in [-0.15, -0.1) is 0 Å². The third kappa shape index (κ3) is 2.94. The van der Waals surface area contributed by atoms with Crippen LogP contribution in [0, 0.1) is 5.41 Å². The van der Waals surface area contributed by atoms with E-state index in [-0.39, 0.29) is 17.3 Å². The Morgan fingerprint density at radius 1 is 1.44 bits per heavy atom. The number of amidine groups is 1. The van der Waals surface area contributed by atoms with Crippen molar-refractivity contribution in [3.05, 3.63) is 0 Å². The van der Waals surface area contributed by atoms with Gasteiger partial charge in [0.1, 0.15) is 5.41 Å². The van der Waals surface area contributed by atoms with Crippen molar-refractivity contribution in [3.63, 3.8) is 0 Å². The summed E-state index contributed by atoms with van der Waals surface area (Å²) in [4.78, 5) is 12.5. The topological polar surface area (TPSA) is 87.7 Å². The summed E-state index contributed by atoms with van der Waals surface area (Å²) in [5, 5.41) is 15.0. The summed E-state index contributed by atoms with van der Waals surface area (Å²) in [5.74, 6) is -0.0569. The average Bonchev–Trinajstić information content (AvgIpc) is 2.77. The van der Waals surface area contributed by atoms with E-state index in [4.69, 9.17) is 10.9 Å². The minimum absolute atomic E-state index is 0.0461. The van der Waals surface area contributed by atoms with Crippen LogP contribution in [-0.2, 0) is 4.79 Å². The molecule has 1 fully saturated rings. The molecule has 0 atom stereocenters. The fraction of sp³-hybridized carbons (Fsp3) is 0.846. The predicted octanol–water partition coefficient (Wildman–Crippen LogP) is 1.99. The lowest BCUT2D eigenvalue weighted by molar-refractivity contribution is -0.129. The molecule has 0 aromatic heterocycles. The molecule has 5 heteroatoms. The number of oxime groups is 1. The molecule has 1 saturated carbocycles. The Balaban J connectivity index is 2.85. The maximum Gasteiger partial charge on any atom is 0.234 e. The van der Waals surface area contributed by atoms with Crippen LogP contribution in [-0.4, -0.2) is 22.5 Å². The Kier molecular flexibility index (Phi) is 4.59. The summed E-state index contributed by atoms with van der Waals surface area (Å²) in [6, 6.07) is 0. The van der Waals surface area contributed by atoms with E-state index in [0.717, 1.165) is 25.7 Å². The van der Waals surface area contributed by atoms with Gasteiger partial charge in [0.25, 0.3) is 0 Å². The summed E-state index contributed by atoms with van der Waals surface area (Å²) < 4.78 is 0. The highest BCUT2D eigenvalue weighted by atomic mass is 16.4. The van der Waals surface area contributed by atoms with Crippen LogP contribution in [0.15, 0.2) is 5.16 Å². The number of carbonyl (C=O) groups excluding carboxylic acids is 1. The number of rotatable bonds is 5. The van der Waals surface area contributed by atoms with Gasteiger partial charge in [0, 0.05) is 5.54 Å². The lowest BCUT2D eigenvalue weighted by Crippen LogP contribution is -2.54. The molecule has 0 aromatic carbocycles. The molecule has 1 amide bonds. The maximum absolute atomic E-state index is 12.5. The number of hydrogen-bond acceptors (Lipinski definition) is 3. The predicted molar refractivity (Wildman–Crippen MR) is 71.4 cm³/mol. The third-order valence-electron chi connectivity index (χ3n) is 3.82. The second kappa shape index (κ2) is 5.59. The second-order valence-electron chi connectivity index (χ2n) is 5.86. The molecular formula is C13H25N3O2. The van der Waals surface area contributed by atoms with Crippen LogP contribution < -0.4 is 11.1 Å². The van der Waals surface area contributed by atoms with E-state index in [9.17, 15) is 4.79 Å². The lowest BCUT2D eigenvalue weighted by Gasteiger charge is -2.33. The Morgan fingerprint density at radius 2 is 2.00 bits per heavy atom. The van der Waals surface area contributed by atoms with E-state index in [1.165, 1.54) is 0 Å². The normalized spacial score (nSPS) is 19.8. The minimum Gasteiger partial charge on any atom is -0.409 e. The van der Waals surface area contributed by atoms with Gasteiger partial charge >= 0.3 is 0 Å². The highest BCUT2D eigenvalue weighted by Crippen LogP contribution is 2.39. The van der Waals surface area contributed by atoms with E-state index < -0.39 is 5.41 Å². The number of nitrogens with two attached hydrogens (primary N) is 1. The minimum atomic E-state index is -0.806. The smallest absolute Gasteiger partial charge is 0.234 e. The monoisotopic (exact) mass is 255 g/mol. The van der Waals surface area contributed by atoms with Crippen molar-refractivity contribution in [1.82, 2.24) is 5.32 Å². The van der Waals surface area contributed by atoms with E-state index in [1.807, 2.05) is 13.8 Å². The maximum atomic E-state index is 12.5. The average molecular weight is 255 g/mol. The molecule has 0 aromatic rings. The van der Waals surface area contributed by atoms with Gasteiger partial charge in [-0.3, -0.25) is 4.79 Å². The Hall–Kier alpha value is -1.26. The summed E-state index contributed by atoms with van der Waals surface area (Å²) in [6.07, 6.45) is 5.12. The zero-order chi connectivity index (χ0) is 13.8. The van der Waals surface area contributed by atoms with Crippen molar-refractivity contribution in [3.8, 4) is 0 Å². The fourth-order valence-electron chi connectivity index (χ4n) is 2.79. The van der Waals surface area contributed by atoms with Crippen LogP contribution >= 0.6 is 0 Å². The standard InChI is InChI=1S/C13H25N3O2/c1-4-7-12(2,3)15-11(17)13(10(14)16-18)8-5-6-9-13/h18H,4-9H2,1-3H3,(H2,14,16)(H,15,17). The Labute approximate surface area is 109 Å². The van der Waals surface area contributed by atoms with Gasteiger partial charge in [-0.1, -0.05) is 31.3 Å². The molecule has 0 unspecified atom stereocenters. The number of amides is 1. The highest BCUT2D eigenvalue weighted by molar-refractivity contribution is 6.07. The van der Waals surface area contributed by atoms with Crippen LogP contribution in [0.4, 0.5) is 0 Å². The first-order valence-corrected chi connectivity index (χ1v) is 6.68. The molecule has 0 saturated heterocycles. The quantitative estimate of drug-likeness (QED) is 0.304. The molecule has 5 nitrogen and oxygen atoms in total. The fourth-order valence-corrected chi connectivity index (χ4v) is 2.79. The van der Waals surface area contributed by atoms with Crippen LogP contribution in [0.3, 0.4) is 0 Å². The molecule has 0 bridgehead atoms. The van der Waals surface area contributed by atoms with Gasteiger partial charge in [-0.25, -0.2) is 0 Å². The summed E-state index contributed by atoms with van der Waals surface area (Å²) in [6.45, 7) is 6.09. The van der Waals surface area contributed by atoms with Crippen molar-refractivity contribution in [2.24, 2.45) is 16.3 Å². The van der Waals surface area contributed by atoms with Gasteiger partial charge in [0.2, 0.25) is 5.91 Å². The second-order valence-corrected chi connectivity index (χ2v) is 5.86. The highest BCUT2D eigenvalue weighted by Gasteiger charge is 2.46. The summed E-state index contributed by atoms with van der Waals surface area (Å²) in [7, 11) is 0. The SMILES string of the molecule is CCCC(C)(C)NC(=O)C1(C(N)=NO)CCCC1. The van der Waals surface area contributed by atoms with Gasteiger partial charge in [0.15, 0.2) is 5.84 Å². The third-order valence-corrected chi connectivity index (χ3v) is 3.82. The largest absolute Gasteiger partial charge is 0.409 e. The Morgan fingerprint density at radius 3 is 2.44 bits per heavy atom. The van der Waals surface area contributed by atoms with Gasteiger partial charge in [-0.05, 0) is 33.1 Å². The zero-order valence-corrected chi connectivity index (χ0v) is 11.6. The van der Waals surface area contributed by atoms with E-state index in [1.54, 1.807) is 0 Å². The molecule has 18 heavy (non-hydrogen) atoms. The molecule has 0 aliphatic heterocycles. The number of hydrogen-bond donors (Lipinski definition) is 3. The molecular weight excluding hydrogens is 230 g/mol. The number of nitrogens with zero attached hydrogens (tertiary/aromatic N) is 1. The van der Waals surface area contributed by atoms with Gasteiger partial charge < -0.3 is 16.3 Å². The summed E-state index contributed by atoms with van der Waals surface area (Å²) in [5.41, 5.74) is 4.69. The molecule has 1 aliphatic carbocycles. The number of carbonyl (C=O) groups is 1. The van der Waals surface area contributed by atoms with Crippen LogP contribution in [0.2, 0.25) is 0 Å². The van der Waals surface area contributed by atoms with Crippen molar-refractivity contribution >= 4 is 11.7 Å². The molecule has 1 aliphatic rings. The first-order chi connectivity index (χ1) is 8.38. The lowest BCUT2D eigenvalue weighted by atomic mass is 9.82. The summed E-state index contributed by atoms with van der Waals surface area (Å²) >= 11 is 0. The van der Waals surface area contributed by atoms with Crippen LogP contribution in [0.1, 0.15) is 59.3 Å². The molecule has 0 spiro atoms. The first kappa shape index (κ1) is 14.8. The Bertz CT molecular complexity index is 331. The van der Waals surface area contributed by atoms with Gasteiger partial charge in [0.05, 0.1) is 0 Å². The number of nitrogens with one attached hydrogen (secondary N) is 1. The zero-order valence-electron chi connectivity index (χ0n) is 11.6. The molecule has 104 valence electrons. The van der Waals surface area contributed by atoms with E-state index >= 15 is 0 Å². The van der Waals surface area contributed by atoms with Crippen molar-refractivity contribution in [2.45, 2.75) is 64.8 Å².